The molecule has 0 aliphatic heterocycles. The molecule has 0 rings (SSSR count). The first kappa shape index (κ1) is 47.2. The van der Waals surface area contributed by atoms with Crippen molar-refractivity contribution >= 4 is 35.7 Å². The number of carboxylic acid groups (broad SMARTS) is 2. The summed E-state index contributed by atoms with van der Waals surface area (Å²) in [4.78, 5) is 72.4. The monoisotopic (exact) mass is 716 g/mol. The van der Waals surface area contributed by atoms with Crippen molar-refractivity contribution in [3.8, 4) is 0 Å². The van der Waals surface area contributed by atoms with Crippen LogP contribution in [0.1, 0.15) is 116 Å². The van der Waals surface area contributed by atoms with Gasteiger partial charge < -0.3 is 45.9 Å². The summed E-state index contributed by atoms with van der Waals surface area (Å²) in [5.74, 6) is -4.27. The van der Waals surface area contributed by atoms with Crippen LogP contribution in [0, 0.1) is 6.10 Å². The number of ketones is 2. The van der Waals surface area contributed by atoms with Gasteiger partial charge >= 0.3 is 11.9 Å². The summed E-state index contributed by atoms with van der Waals surface area (Å²) >= 11 is 0. The van der Waals surface area contributed by atoms with Gasteiger partial charge in [0.1, 0.15) is 6.04 Å². The van der Waals surface area contributed by atoms with Crippen molar-refractivity contribution in [3.05, 3.63) is 6.10 Å². The van der Waals surface area contributed by atoms with Gasteiger partial charge in [-0.1, -0.05) is 77.0 Å². The van der Waals surface area contributed by atoms with Gasteiger partial charge in [0, 0.05) is 32.4 Å². The van der Waals surface area contributed by atoms with Crippen LogP contribution in [0.15, 0.2) is 0 Å². The molecule has 50 heavy (non-hydrogen) atoms. The Labute approximate surface area is 296 Å². The minimum atomic E-state index is -1.74. The number of hydrogen-bond acceptors (Lipinski definition) is 12. The third-order valence-corrected chi connectivity index (χ3v) is 7.76. The van der Waals surface area contributed by atoms with Gasteiger partial charge in [-0.05, 0) is 19.3 Å². The Kier molecular flexibility index (Phi) is 31.5. The van der Waals surface area contributed by atoms with E-state index in [2.05, 4.69) is 5.32 Å². The largest absolute Gasteiger partial charge is 0.481 e. The van der Waals surface area contributed by atoms with E-state index in [1.165, 1.54) is 32.1 Å². The Hall–Kier alpha value is -2.82. The molecular formula is C35H62N3O12. The summed E-state index contributed by atoms with van der Waals surface area (Å²) in [5.41, 5.74) is 10.7. The molecule has 0 aromatic rings. The molecule has 0 saturated heterocycles. The number of nitrogens with two attached hydrogens (primary N) is 2. The number of Topliss-reactive ketones (excluding diaryl/α,β-unsaturated/α-hetero) is 2. The number of amides is 1. The highest BCUT2D eigenvalue weighted by Crippen LogP contribution is 2.15. The summed E-state index contributed by atoms with van der Waals surface area (Å²) in [5, 5.41) is 20.8. The molecule has 0 heterocycles. The Bertz CT molecular complexity index is 937. The van der Waals surface area contributed by atoms with Crippen molar-refractivity contribution in [2.45, 2.75) is 128 Å². The van der Waals surface area contributed by atoms with Crippen LogP contribution in [0.4, 0.5) is 0 Å². The minimum absolute atomic E-state index is 0.0210. The molecule has 0 aromatic carbocycles. The lowest BCUT2D eigenvalue weighted by atomic mass is 10.00. The molecule has 0 fully saturated rings. The molecule has 0 bridgehead atoms. The standard InChI is InChI=1S/C35H62N3O12/c36-19-21-47-23-25-49-30(27-39)33(44)34(50-26-24-48-22-20-37)29(40)18-17-28(35(45)46)38-31(41)15-13-11-9-7-5-3-1-2-4-6-8-10-12-14-16-32(42)43/h27-28,34H,1-26,36-37H2,(H,38,41)(H,42,43)(H,45,46)/t28-,34?/m0/s1. The number of aliphatic carboxylic acids is 2. The molecule has 7 N–H and O–H groups in total. The Balaban J connectivity index is 4.49. The van der Waals surface area contributed by atoms with Gasteiger partial charge in [0.05, 0.1) is 39.6 Å². The van der Waals surface area contributed by atoms with E-state index in [0.29, 0.717) is 6.42 Å². The van der Waals surface area contributed by atoms with E-state index in [1.807, 2.05) is 0 Å². The van der Waals surface area contributed by atoms with Gasteiger partial charge in [0.2, 0.25) is 17.8 Å². The second kappa shape index (κ2) is 33.3. The van der Waals surface area contributed by atoms with Crippen molar-refractivity contribution in [1.29, 1.82) is 0 Å². The van der Waals surface area contributed by atoms with E-state index < -0.39 is 54.1 Å². The molecular weight excluding hydrogens is 654 g/mol. The van der Waals surface area contributed by atoms with Crippen LogP contribution in [0.2, 0.25) is 0 Å². The lowest BCUT2D eigenvalue weighted by molar-refractivity contribution is -0.147. The predicted octanol–water partition coefficient (Wildman–Crippen LogP) is 2.88. The predicted molar refractivity (Wildman–Crippen MR) is 185 cm³/mol. The summed E-state index contributed by atoms with van der Waals surface area (Å²) in [7, 11) is 0. The van der Waals surface area contributed by atoms with Crippen molar-refractivity contribution in [1.82, 2.24) is 5.32 Å². The molecule has 2 atom stereocenters. The zero-order valence-corrected chi connectivity index (χ0v) is 29.7. The fraction of sp³-hybridized carbons (Fsp3) is 0.800. The third kappa shape index (κ3) is 27.0. The van der Waals surface area contributed by atoms with Crippen molar-refractivity contribution in [2.75, 3.05) is 52.7 Å². The molecule has 1 unspecified atom stereocenters. The molecule has 15 heteroatoms. The van der Waals surface area contributed by atoms with Gasteiger partial charge in [-0.2, -0.15) is 0 Å². The summed E-state index contributed by atoms with van der Waals surface area (Å²) in [6.45, 7) is 0.784. The number of carbonyl (C=O) groups is 6. The van der Waals surface area contributed by atoms with Crippen LogP contribution in [-0.2, 0) is 47.7 Å². The van der Waals surface area contributed by atoms with Gasteiger partial charge in [-0.25, -0.2) is 4.79 Å². The highest BCUT2D eigenvalue weighted by Gasteiger charge is 2.35. The van der Waals surface area contributed by atoms with E-state index in [9.17, 15) is 33.9 Å². The Morgan fingerprint density at radius 3 is 1.56 bits per heavy atom. The number of unbranched alkanes of at least 4 members (excludes halogenated alkanes) is 13. The van der Waals surface area contributed by atoms with E-state index in [0.717, 1.165) is 51.4 Å². The number of rotatable bonds is 38. The zero-order valence-electron chi connectivity index (χ0n) is 29.7. The highest BCUT2D eigenvalue weighted by atomic mass is 16.5. The SMILES string of the molecule is NCCOCCO[C](C=O)C(=O)C(OCCOCCN)C(=O)CC[C@H](NC(=O)CCCCCCCCCCCCCCCCC(=O)O)C(=O)O. The second-order valence-corrected chi connectivity index (χ2v) is 12.1. The average Bonchev–Trinajstić information content (AvgIpc) is 3.09. The van der Waals surface area contributed by atoms with Gasteiger partial charge in [0.25, 0.3) is 0 Å². The quantitative estimate of drug-likeness (QED) is 0.0351. The Morgan fingerprint density at radius 1 is 0.620 bits per heavy atom. The maximum atomic E-state index is 13.0. The Morgan fingerprint density at radius 2 is 1.10 bits per heavy atom. The molecule has 15 nitrogen and oxygen atoms in total. The van der Waals surface area contributed by atoms with E-state index in [1.54, 1.807) is 0 Å². The first-order chi connectivity index (χ1) is 24.2. The summed E-state index contributed by atoms with van der Waals surface area (Å²) in [6.07, 6.45) is 12.1. The van der Waals surface area contributed by atoms with Crippen LogP contribution >= 0.6 is 0 Å². The number of carboxylic acids is 2. The minimum Gasteiger partial charge on any atom is -0.481 e. The summed E-state index contributed by atoms with van der Waals surface area (Å²) in [6, 6.07) is -1.35. The number of aldehydes is 1. The smallest absolute Gasteiger partial charge is 0.326 e. The zero-order chi connectivity index (χ0) is 37.2. The normalized spacial score (nSPS) is 12.5. The first-order valence-corrected chi connectivity index (χ1v) is 18.1. The van der Waals surface area contributed by atoms with Crippen LogP contribution in [0.25, 0.3) is 0 Å². The molecule has 0 aliphatic rings. The topological polar surface area (TPSA) is 244 Å². The van der Waals surface area contributed by atoms with Crippen molar-refractivity contribution in [2.24, 2.45) is 11.5 Å². The maximum Gasteiger partial charge on any atom is 0.326 e. The molecule has 0 spiro atoms. The van der Waals surface area contributed by atoms with Crippen LogP contribution in [0.3, 0.4) is 0 Å². The molecule has 289 valence electrons. The highest BCUT2D eigenvalue weighted by molar-refractivity contribution is 6.17. The van der Waals surface area contributed by atoms with E-state index in [4.69, 9.17) is 35.5 Å². The maximum absolute atomic E-state index is 13.0. The van der Waals surface area contributed by atoms with Crippen LogP contribution < -0.4 is 16.8 Å². The fourth-order valence-corrected chi connectivity index (χ4v) is 5.04. The second-order valence-electron chi connectivity index (χ2n) is 12.1. The van der Waals surface area contributed by atoms with E-state index >= 15 is 0 Å². The summed E-state index contributed by atoms with van der Waals surface area (Å²) < 4.78 is 21.0. The number of carbonyl (C=O) groups excluding carboxylic acids is 4. The van der Waals surface area contributed by atoms with Crippen molar-refractivity contribution in [3.63, 3.8) is 0 Å². The van der Waals surface area contributed by atoms with Gasteiger partial charge in [0.15, 0.2) is 18.2 Å². The molecule has 0 aliphatic carbocycles. The van der Waals surface area contributed by atoms with Crippen LogP contribution in [-0.4, -0.2) is 111 Å². The molecule has 0 saturated carbocycles. The number of nitrogens with one attached hydrogen (secondary N) is 1. The number of ether oxygens (including phenoxy) is 4. The fourth-order valence-electron chi connectivity index (χ4n) is 5.04. The van der Waals surface area contributed by atoms with Crippen LogP contribution in [0.5, 0.6) is 0 Å². The van der Waals surface area contributed by atoms with Gasteiger partial charge in [-0.3, -0.25) is 24.0 Å². The van der Waals surface area contributed by atoms with Crippen molar-refractivity contribution < 1.29 is 57.9 Å². The number of hydrogen-bond donors (Lipinski definition) is 5. The lowest BCUT2D eigenvalue weighted by Crippen LogP contribution is -2.43. The van der Waals surface area contributed by atoms with E-state index in [-0.39, 0.29) is 78.3 Å². The first-order valence-electron chi connectivity index (χ1n) is 18.1. The third-order valence-electron chi connectivity index (χ3n) is 7.76. The molecule has 1 amide bonds. The lowest BCUT2D eigenvalue weighted by Gasteiger charge is -2.20. The van der Waals surface area contributed by atoms with Gasteiger partial charge in [-0.15, -0.1) is 0 Å². The average molecular weight is 717 g/mol. The molecule has 0 aromatic heterocycles. The molecule has 1 radical (unpaired) electrons.